The van der Waals surface area contributed by atoms with Gasteiger partial charge in [0, 0.05) is 34.5 Å². The predicted molar refractivity (Wildman–Crippen MR) is 114 cm³/mol. The number of hydrogen-bond donors (Lipinski definition) is 1. The normalized spacial score (nSPS) is 10.7. The van der Waals surface area contributed by atoms with Gasteiger partial charge in [0.1, 0.15) is 11.5 Å². The first-order valence-corrected chi connectivity index (χ1v) is 10.0. The zero-order valence-electron chi connectivity index (χ0n) is 16.0. The summed E-state index contributed by atoms with van der Waals surface area (Å²) in [4.78, 5) is 33.7. The van der Waals surface area contributed by atoms with Crippen LogP contribution < -0.4 is 10.9 Å². The Morgan fingerprint density at radius 3 is 2.70 bits per heavy atom. The Morgan fingerprint density at radius 2 is 1.93 bits per heavy atom. The molecule has 0 unspecified atom stereocenters. The molecule has 0 aliphatic carbocycles. The average molecular weight is 420 g/mol. The number of thiazole rings is 1. The third-order valence-electron chi connectivity index (χ3n) is 4.43. The van der Waals surface area contributed by atoms with Gasteiger partial charge in [-0.2, -0.15) is 0 Å². The average Bonchev–Trinajstić information content (AvgIpc) is 3.19. The van der Waals surface area contributed by atoms with Gasteiger partial charge >= 0.3 is 0 Å². The number of carbonyl (C=O) groups excluding carboxylic acids is 1. The Bertz CT molecular complexity index is 1280. The standard InChI is InChI=1S/C22H17FN4O2S/c1-14-5-4-8-18(24-14)19-13-30-22(25-19)26-21(29)15-9-10-27(20(28)11-15)12-16-6-2-3-7-17(16)23/h2-11,13H,12H2,1H3,(H,25,26,29). The summed E-state index contributed by atoms with van der Waals surface area (Å²) < 4.78 is 15.2. The second-order valence-corrected chi connectivity index (χ2v) is 7.49. The topological polar surface area (TPSA) is 76.9 Å². The van der Waals surface area contributed by atoms with Crippen LogP contribution in [0.1, 0.15) is 21.6 Å². The SMILES string of the molecule is Cc1cccc(-c2csc(NC(=O)c3ccn(Cc4ccccc4F)c(=O)c3)n2)n1. The maximum absolute atomic E-state index is 13.8. The number of benzene rings is 1. The van der Waals surface area contributed by atoms with Crippen molar-refractivity contribution in [2.45, 2.75) is 13.5 Å². The molecule has 4 aromatic rings. The van der Waals surface area contributed by atoms with Crippen LogP contribution in [-0.4, -0.2) is 20.4 Å². The highest BCUT2D eigenvalue weighted by Gasteiger charge is 2.12. The first kappa shape index (κ1) is 19.7. The summed E-state index contributed by atoms with van der Waals surface area (Å²) in [7, 11) is 0. The van der Waals surface area contributed by atoms with E-state index in [1.54, 1.807) is 18.2 Å². The van der Waals surface area contributed by atoms with Crippen molar-refractivity contribution in [1.29, 1.82) is 0 Å². The molecule has 0 aliphatic heterocycles. The molecule has 3 aromatic heterocycles. The number of halogens is 1. The number of carbonyl (C=O) groups is 1. The number of rotatable bonds is 5. The van der Waals surface area contributed by atoms with Crippen LogP contribution in [-0.2, 0) is 6.54 Å². The smallest absolute Gasteiger partial charge is 0.257 e. The fraction of sp³-hybridized carbons (Fsp3) is 0.0909. The molecule has 3 heterocycles. The molecule has 150 valence electrons. The molecular weight excluding hydrogens is 403 g/mol. The monoisotopic (exact) mass is 420 g/mol. The van der Waals surface area contributed by atoms with Gasteiger partial charge in [-0.1, -0.05) is 24.3 Å². The minimum absolute atomic E-state index is 0.0900. The van der Waals surface area contributed by atoms with Gasteiger partial charge < -0.3 is 4.57 Å². The van der Waals surface area contributed by atoms with Crippen LogP contribution in [0, 0.1) is 12.7 Å². The van der Waals surface area contributed by atoms with E-state index in [0.717, 1.165) is 11.4 Å². The molecular formula is C22H17FN4O2S. The number of nitrogens with zero attached hydrogens (tertiary/aromatic N) is 3. The molecule has 0 aliphatic rings. The van der Waals surface area contributed by atoms with Crippen LogP contribution in [0.3, 0.4) is 0 Å². The number of anilines is 1. The van der Waals surface area contributed by atoms with Crippen molar-refractivity contribution in [3.8, 4) is 11.4 Å². The quantitative estimate of drug-likeness (QED) is 0.527. The Labute approximate surface area is 175 Å². The number of amides is 1. The Morgan fingerprint density at radius 1 is 1.10 bits per heavy atom. The van der Waals surface area contributed by atoms with Gasteiger partial charge in [0.2, 0.25) is 0 Å². The lowest BCUT2D eigenvalue weighted by Crippen LogP contribution is -2.23. The number of pyridine rings is 2. The van der Waals surface area contributed by atoms with Crippen LogP contribution in [0.5, 0.6) is 0 Å². The van der Waals surface area contributed by atoms with E-state index in [1.807, 2.05) is 30.5 Å². The molecule has 0 saturated carbocycles. The number of aromatic nitrogens is 3. The zero-order chi connectivity index (χ0) is 21.1. The van der Waals surface area contributed by atoms with Gasteiger partial charge in [-0.15, -0.1) is 11.3 Å². The molecule has 0 spiro atoms. The molecule has 8 heteroatoms. The minimum atomic E-state index is -0.441. The second kappa shape index (κ2) is 8.38. The van der Waals surface area contributed by atoms with Crippen molar-refractivity contribution in [2.75, 3.05) is 5.32 Å². The van der Waals surface area contributed by atoms with Crippen LogP contribution in [0.25, 0.3) is 11.4 Å². The van der Waals surface area contributed by atoms with E-state index >= 15 is 0 Å². The lowest BCUT2D eigenvalue weighted by molar-refractivity contribution is 0.102. The predicted octanol–water partition coefficient (Wildman–Crippen LogP) is 4.11. The van der Waals surface area contributed by atoms with Gasteiger partial charge in [0.15, 0.2) is 5.13 Å². The molecule has 0 atom stereocenters. The summed E-state index contributed by atoms with van der Waals surface area (Å²) in [6.45, 7) is 1.99. The van der Waals surface area contributed by atoms with E-state index in [2.05, 4.69) is 15.3 Å². The molecule has 1 N–H and O–H groups in total. The summed E-state index contributed by atoms with van der Waals surface area (Å²) in [5.74, 6) is -0.822. The highest BCUT2D eigenvalue weighted by molar-refractivity contribution is 7.14. The maximum atomic E-state index is 13.8. The summed E-state index contributed by atoms with van der Waals surface area (Å²) in [5, 5.41) is 4.92. The molecule has 30 heavy (non-hydrogen) atoms. The van der Waals surface area contributed by atoms with Crippen LogP contribution in [0.4, 0.5) is 9.52 Å². The van der Waals surface area contributed by atoms with Crippen molar-refractivity contribution in [3.05, 3.63) is 99.2 Å². The van der Waals surface area contributed by atoms with E-state index in [0.29, 0.717) is 16.4 Å². The molecule has 4 rings (SSSR count). The van der Waals surface area contributed by atoms with Crippen molar-refractivity contribution < 1.29 is 9.18 Å². The largest absolute Gasteiger partial charge is 0.311 e. The number of hydrogen-bond acceptors (Lipinski definition) is 5. The van der Waals surface area contributed by atoms with E-state index in [1.165, 1.54) is 40.3 Å². The number of aryl methyl sites for hydroxylation is 1. The Balaban J connectivity index is 1.48. The minimum Gasteiger partial charge on any atom is -0.311 e. The van der Waals surface area contributed by atoms with Crippen molar-refractivity contribution in [2.24, 2.45) is 0 Å². The summed E-state index contributed by atoms with van der Waals surface area (Å²) in [6, 6.07) is 14.7. The molecule has 1 aromatic carbocycles. The summed E-state index contributed by atoms with van der Waals surface area (Å²) in [5.41, 5.74) is 2.48. The van der Waals surface area contributed by atoms with E-state index in [-0.39, 0.29) is 17.9 Å². The lowest BCUT2D eigenvalue weighted by atomic mass is 10.2. The molecule has 1 amide bonds. The molecule has 0 saturated heterocycles. The fourth-order valence-corrected chi connectivity index (χ4v) is 3.59. The van der Waals surface area contributed by atoms with Gasteiger partial charge in [-0.3, -0.25) is 19.9 Å². The van der Waals surface area contributed by atoms with Crippen LogP contribution in [0.15, 0.2) is 71.0 Å². The molecule has 0 bridgehead atoms. The third kappa shape index (κ3) is 4.33. The van der Waals surface area contributed by atoms with Gasteiger partial charge in [0.25, 0.3) is 11.5 Å². The molecule has 0 fully saturated rings. The van der Waals surface area contributed by atoms with Crippen molar-refractivity contribution in [3.63, 3.8) is 0 Å². The molecule has 6 nitrogen and oxygen atoms in total. The highest BCUT2D eigenvalue weighted by Crippen LogP contribution is 2.24. The first-order valence-electron chi connectivity index (χ1n) is 9.14. The lowest BCUT2D eigenvalue weighted by Gasteiger charge is -2.08. The van der Waals surface area contributed by atoms with Crippen LogP contribution >= 0.6 is 11.3 Å². The summed E-state index contributed by atoms with van der Waals surface area (Å²) in [6.07, 6.45) is 1.48. The fourth-order valence-electron chi connectivity index (χ4n) is 2.89. The number of nitrogens with one attached hydrogen (secondary N) is 1. The summed E-state index contributed by atoms with van der Waals surface area (Å²) >= 11 is 1.28. The third-order valence-corrected chi connectivity index (χ3v) is 5.19. The van der Waals surface area contributed by atoms with E-state index in [4.69, 9.17) is 0 Å². The van der Waals surface area contributed by atoms with Gasteiger partial charge in [-0.25, -0.2) is 9.37 Å². The first-order chi connectivity index (χ1) is 14.5. The van der Waals surface area contributed by atoms with Crippen LogP contribution in [0.2, 0.25) is 0 Å². The maximum Gasteiger partial charge on any atom is 0.257 e. The second-order valence-electron chi connectivity index (χ2n) is 6.63. The van der Waals surface area contributed by atoms with Gasteiger partial charge in [0.05, 0.1) is 12.2 Å². The van der Waals surface area contributed by atoms with Crippen molar-refractivity contribution in [1.82, 2.24) is 14.5 Å². The van der Waals surface area contributed by atoms with E-state index in [9.17, 15) is 14.0 Å². The Hall–Kier alpha value is -3.65. The zero-order valence-corrected chi connectivity index (χ0v) is 16.8. The van der Waals surface area contributed by atoms with E-state index < -0.39 is 11.5 Å². The van der Waals surface area contributed by atoms with Gasteiger partial charge in [-0.05, 0) is 31.2 Å². The Kier molecular flexibility index (Phi) is 5.49. The molecule has 0 radical (unpaired) electrons. The van der Waals surface area contributed by atoms with Crippen molar-refractivity contribution >= 4 is 22.4 Å². The highest BCUT2D eigenvalue weighted by atomic mass is 32.1.